The highest BCUT2D eigenvalue weighted by Crippen LogP contribution is 2.29. The van der Waals surface area contributed by atoms with Crippen LogP contribution in [0.15, 0.2) is 24.3 Å². The van der Waals surface area contributed by atoms with Gasteiger partial charge in [0, 0.05) is 31.4 Å². The Kier molecular flexibility index (Phi) is 8.83. The molecule has 1 aromatic rings. The largest absolute Gasteiger partial charge is 0.416 e. The van der Waals surface area contributed by atoms with Gasteiger partial charge in [-0.05, 0) is 11.6 Å². The average Bonchev–Trinajstić information content (AvgIpc) is 2.29. The summed E-state index contributed by atoms with van der Waals surface area (Å²) in [5.74, 6) is 0.853. The Morgan fingerprint density at radius 2 is 1.63 bits per heavy atom. The molecule has 0 spiro atoms. The monoisotopic (exact) mass is 335 g/mol. The van der Waals surface area contributed by atoms with Crippen molar-refractivity contribution in [2.24, 2.45) is 0 Å². The molecule has 0 bridgehead atoms. The van der Waals surface area contributed by atoms with Gasteiger partial charge in [0.05, 0.1) is 5.56 Å². The van der Waals surface area contributed by atoms with Crippen LogP contribution in [0.25, 0.3) is 0 Å². The number of nitrogens with zero attached hydrogens (tertiary/aromatic N) is 1. The molecule has 0 N–H and O–H groups in total. The highest BCUT2D eigenvalue weighted by Gasteiger charge is 2.30. The molecule has 0 aliphatic carbocycles. The molecular formula is C12H15Cl3F3N. The number of hydrogen-bond donors (Lipinski definition) is 0. The third kappa shape index (κ3) is 6.70. The summed E-state index contributed by atoms with van der Waals surface area (Å²) in [6, 6.07) is 5.31. The van der Waals surface area contributed by atoms with E-state index in [0.717, 1.165) is 12.1 Å². The van der Waals surface area contributed by atoms with E-state index in [9.17, 15) is 13.2 Å². The summed E-state index contributed by atoms with van der Waals surface area (Å²) in [5, 5.41) is 0. The van der Waals surface area contributed by atoms with Gasteiger partial charge in [-0.1, -0.05) is 18.2 Å². The number of hydrogen-bond acceptors (Lipinski definition) is 1. The van der Waals surface area contributed by atoms with Crippen LogP contribution in [0.3, 0.4) is 0 Å². The second-order valence-electron chi connectivity index (χ2n) is 3.85. The van der Waals surface area contributed by atoms with Crippen molar-refractivity contribution >= 4 is 35.6 Å². The molecule has 110 valence electrons. The minimum Gasteiger partial charge on any atom is -0.297 e. The number of rotatable bonds is 6. The van der Waals surface area contributed by atoms with Crippen LogP contribution < -0.4 is 0 Å². The Bertz CT molecular complexity index is 365. The molecule has 0 fully saturated rings. The van der Waals surface area contributed by atoms with E-state index in [-0.39, 0.29) is 12.4 Å². The van der Waals surface area contributed by atoms with Gasteiger partial charge in [0.2, 0.25) is 0 Å². The summed E-state index contributed by atoms with van der Waals surface area (Å²) in [4.78, 5) is 1.93. The van der Waals surface area contributed by atoms with Gasteiger partial charge in [-0.25, -0.2) is 0 Å². The standard InChI is InChI=1S/C12H14Cl2F3N.ClH/c13-4-6-18(7-5-14)9-10-2-1-3-11(8-10)12(15,16)17;/h1-3,8H,4-7,9H2;1H. The third-order valence-electron chi connectivity index (χ3n) is 2.46. The zero-order valence-corrected chi connectivity index (χ0v) is 12.4. The fourth-order valence-corrected chi connectivity index (χ4v) is 2.09. The molecule has 0 unspecified atom stereocenters. The van der Waals surface area contributed by atoms with Crippen LogP contribution in [0.1, 0.15) is 11.1 Å². The molecule has 0 heterocycles. The highest BCUT2D eigenvalue weighted by atomic mass is 35.5. The quantitative estimate of drug-likeness (QED) is 0.696. The molecule has 7 heteroatoms. The van der Waals surface area contributed by atoms with E-state index in [1.165, 1.54) is 6.07 Å². The molecule has 1 rings (SSSR count). The van der Waals surface area contributed by atoms with Crippen molar-refractivity contribution in [2.75, 3.05) is 24.8 Å². The fraction of sp³-hybridized carbons (Fsp3) is 0.500. The van der Waals surface area contributed by atoms with E-state index in [1.54, 1.807) is 6.07 Å². The Morgan fingerprint density at radius 3 is 2.11 bits per heavy atom. The summed E-state index contributed by atoms with van der Waals surface area (Å²) in [6.45, 7) is 1.62. The van der Waals surface area contributed by atoms with E-state index in [2.05, 4.69) is 0 Å². The summed E-state index contributed by atoms with van der Waals surface area (Å²) in [5.41, 5.74) is -0.0169. The van der Waals surface area contributed by atoms with Crippen LogP contribution >= 0.6 is 35.6 Å². The summed E-state index contributed by atoms with van der Waals surface area (Å²) in [6.07, 6.45) is -4.31. The first-order valence-electron chi connectivity index (χ1n) is 5.48. The van der Waals surface area contributed by atoms with Crippen molar-refractivity contribution in [1.82, 2.24) is 4.90 Å². The van der Waals surface area contributed by atoms with Crippen molar-refractivity contribution in [1.29, 1.82) is 0 Å². The third-order valence-corrected chi connectivity index (χ3v) is 2.80. The van der Waals surface area contributed by atoms with E-state index < -0.39 is 11.7 Å². The molecule has 0 aromatic heterocycles. The smallest absolute Gasteiger partial charge is 0.297 e. The highest BCUT2D eigenvalue weighted by molar-refractivity contribution is 6.18. The zero-order valence-electron chi connectivity index (χ0n) is 10.1. The van der Waals surface area contributed by atoms with Crippen LogP contribution in [0.4, 0.5) is 13.2 Å². The Morgan fingerprint density at radius 1 is 1.05 bits per heavy atom. The lowest BCUT2D eigenvalue weighted by atomic mass is 10.1. The minimum atomic E-state index is -4.31. The predicted octanol–water partition coefficient (Wildman–Crippen LogP) is 4.41. The summed E-state index contributed by atoms with van der Waals surface area (Å²) in [7, 11) is 0. The van der Waals surface area contributed by atoms with Crippen LogP contribution in [0.5, 0.6) is 0 Å². The van der Waals surface area contributed by atoms with Gasteiger partial charge in [-0.2, -0.15) is 13.2 Å². The molecule has 0 atom stereocenters. The molecule has 1 aromatic carbocycles. The zero-order chi connectivity index (χ0) is 13.6. The van der Waals surface area contributed by atoms with Gasteiger partial charge in [-0.15, -0.1) is 35.6 Å². The van der Waals surface area contributed by atoms with Crippen molar-refractivity contribution in [3.63, 3.8) is 0 Å². The summed E-state index contributed by atoms with van der Waals surface area (Å²) >= 11 is 11.3. The average molecular weight is 337 g/mol. The van der Waals surface area contributed by atoms with Gasteiger partial charge < -0.3 is 0 Å². The van der Waals surface area contributed by atoms with Crippen molar-refractivity contribution in [3.05, 3.63) is 35.4 Å². The molecule has 0 saturated heterocycles. The molecular weight excluding hydrogens is 321 g/mol. The maximum atomic E-state index is 12.5. The lowest BCUT2D eigenvalue weighted by Gasteiger charge is -2.20. The van der Waals surface area contributed by atoms with Gasteiger partial charge in [-0.3, -0.25) is 4.90 Å². The van der Waals surface area contributed by atoms with Gasteiger partial charge >= 0.3 is 6.18 Å². The van der Waals surface area contributed by atoms with E-state index in [0.29, 0.717) is 37.0 Å². The fourth-order valence-electron chi connectivity index (χ4n) is 1.61. The number of alkyl halides is 5. The first-order valence-corrected chi connectivity index (χ1v) is 6.54. The lowest BCUT2D eigenvalue weighted by molar-refractivity contribution is -0.137. The van der Waals surface area contributed by atoms with Crippen molar-refractivity contribution < 1.29 is 13.2 Å². The predicted molar refractivity (Wildman–Crippen MR) is 75.4 cm³/mol. The van der Waals surface area contributed by atoms with Crippen LogP contribution in [0.2, 0.25) is 0 Å². The second kappa shape index (κ2) is 8.90. The Labute approximate surface area is 127 Å². The molecule has 19 heavy (non-hydrogen) atoms. The molecule has 0 aliphatic rings. The molecule has 0 aliphatic heterocycles. The summed E-state index contributed by atoms with van der Waals surface area (Å²) < 4.78 is 37.6. The Hall–Kier alpha value is -0.160. The van der Waals surface area contributed by atoms with E-state index >= 15 is 0 Å². The molecule has 0 saturated carbocycles. The SMILES string of the molecule is Cl.FC(F)(F)c1cccc(CN(CCCl)CCCl)c1. The van der Waals surface area contributed by atoms with Gasteiger partial charge in [0.25, 0.3) is 0 Å². The maximum absolute atomic E-state index is 12.5. The van der Waals surface area contributed by atoms with Crippen molar-refractivity contribution in [3.8, 4) is 0 Å². The molecule has 1 nitrogen and oxygen atoms in total. The van der Waals surface area contributed by atoms with Crippen molar-refractivity contribution in [2.45, 2.75) is 12.7 Å². The minimum absolute atomic E-state index is 0. The normalized spacial score (nSPS) is 11.5. The topological polar surface area (TPSA) is 3.24 Å². The van der Waals surface area contributed by atoms with Gasteiger partial charge in [0.1, 0.15) is 0 Å². The van der Waals surface area contributed by atoms with Crippen LogP contribution in [-0.2, 0) is 12.7 Å². The van der Waals surface area contributed by atoms with E-state index in [4.69, 9.17) is 23.2 Å². The van der Waals surface area contributed by atoms with Gasteiger partial charge in [0.15, 0.2) is 0 Å². The number of halogens is 6. The van der Waals surface area contributed by atoms with E-state index in [1.807, 2.05) is 4.90 Å². The first kappa shape index (κ1) is 18.8. The maximum Gasteiger partial charge on any atom is 0.416 e. The molecule has 0 amide bonds. The van der Waals surface area contributed by atoms with Crippen LogP contribution in [0, 0.1) is 0 Å². The van der Waals surface area contributed by atoms with Crippen LogP contribution in [-0.4, -0.2) is 29.7 Å². The lowest BCUT2D eigenvalue weighted by Crippen LogP contribution is -2.27. The molecule has 0 radical (unpaired) electrons. The second-order valence-corrected chi connectivity index (χ2v) is 4.61. The first-order chi connectivity index (χ1) is 8.47. The number of benzene rings is 1. The Balaban J connectivity index is 0.00000324.